The maximum absolute atomic E-state index is 11.6. The molecular weight excluding hydrogens is 274 g/mol. The Morgan fingerprint density at radius 2 is 2.10 bits per heavy atom. The Hall–Kier alpha value is -2.96. The maximum Gasteiger partial charge on any atom is 0.354 e. The number of hydrogen-bond donors (Lipinski definition) is 2. The molecule has 2 rings (SSSR count). The predicted molar refractivity (Wildman–Crippen MR) is 74.1 cm³/mol. The molecule has 0 radical (unpaired) electrons. The molecule has 0 aliphatic carbocycles. The van der Waals surface area contributed by atoms with Gasteiger partial charge in [0, 0.05) is 18.9 Å². The summed E-state index contributed by atoms with van der Waals surface area (Å²) in [6.45, 7) is 0.355. The highest BCUT2D eigenvalue weighted by molar-refractivity contribution is 5.94. The molecule has 7 nitrogen and oxygen atoms in total. The number of carbonyl (C=O) groups excluding carboxylic acids is 1. The fraction of sp³-hybridized carbons (Fsp3) is 0.143. The zero-order chi connectivity index (χ0) is 15.2. The van der Waals surface area contributed by atoms with Crippen LogP contribution in [0.5, 0.6) is 0 Å². The van der Waals surface area contributed by atoms with Crippen LogP contribution in [0.3, 0.4) is 0 Å². The highest BCUT2D eigenvalue weighted by atomic mass is 16.5. The van der Waals surface area contributed by atoms with E-state index in [9.17, 15) is 9.59 Å². The number of ether oxygens (including phenoxy) is 1. The van der Waals surface area contributed by atoms with Crippen LogP contribution in [0, 0.1) is 0 Å². The van der Waals surface area contributed by atoms with Gasteiger partial charge in [0.2, 0.25) is 0 Å². The molecule has 0 bridgehead atoms. The van der Waals surface area contributed by atoms with Crippen molar-refractivity contribution in [2.45, 2.75) is 6.54 Å². The molecule has 0 atom stereocenters. The van der Waals surface area contributed by atoms with Gasteiger partial charge in [-0.15, -0.1) is 0 Å². The summed E-state index contributed by atoms with van der Waals surface area (Å²) in [5.74, 6) is -1.16. The minimum atomic E-state index is -1.08. The van der Waals surface area contributed by atoms with Crippen LogP contribution >= 0.6 is 0 Å². The van der Waals surface area contributed by atoms with Crippen LogP contribution < -0.4 is 5.32 Å². The van der Waals surface area contributed by atoms with Gasteiger partial charge in [-0.3, -0.25) is 0 Å². The van der Waals surface area contributed by atoms with Crippen molar-refractivity contribution in [1.29, 1.82) is 0 Å². The molecule has 0 amide bonds. The number of carboxylic acids is 1. The SMILES string of the molecule is COC(=O)c1cccnc1NCc1ccc(C(=O)O)nc1. The lowest BCUT2D eigenvalue weighted by atomic mass is 10.2. The smallest absolute Gasteiger partial charge is 0.354 e. The highest BCUT2D eigenvalue weighted by Crippen LogP contribution is 2.14. The first-order valence-corrected chi connectivity index (χ1v) is 6.07. The van der Waals surface area contributed by atoms with Crippen molar-refractivity contribution in [3.8, 4) is 0 Å². The van der Waals surface area contributed by atoms with Crippen LogP contribution in [-0.2, 0) is 11.3 Å². The van der Waals surface area contributed by atoms with E-state index in [-0.39, 0.29) is 5.69 Å². The van der Waals surface area contributed by atoms with Gasteiger partial charge in [-0.05, 0) is 23.8 Å². The van der Waals surface area contributed by atoms with Crippen LogP contribution in [0.4, 0.5) is 5.82 Å². The largest absolute Gasteiger partial charge is 0.477 e. The van der Waals surface area contributed by atoms with E-state index in [1.807, 2.05) is 0 Å². The van der Waals surface area contributed by atoms with Crippen molar-refractivity contribution >= 4 is 17.8 Å². The summed E-state index contributed by atoms with van der Waals surface area (Å²) in [6, 6.07) is 6.30. The Morgan fingerprint density at radius 1 is 1.29 bits per heavy atom. The van der Waals surface area contributed by atoms with E-state index < -0.39 is 11.9 Å². The minimum Gasteiger partial charge on any atom is -0.477 e. The van der Waals surface area contributed by atoms with Crippen molar-refractivity contribution in [1.82, 2.24) is 9.97 Å². The van der Waals surface area contributed by atoms with Crippen molar-refractivity contribution in [2.24, 2.45) is 0 Å². The second kappa shape index (κ2) is 6.47. The molecule has 21 heavy (non-hydrogen) atoms. The predicted octanol–water partition coefficient (Wildman–Crippen LogP) is 1.57. The molecule has 0 unspecified atom stereocenters. The van der Waals surface area contributed by atoms with Gasteiger partial charge in [0.15, 0.2) is 0 Å². The number of aromatic nitrogens is 2. The Labute approximate surface area is 120 Å². The van der Waals surface area contributed by atoms with E-state index >= 15 is 0 Å². The topological polar surface area (TPSA) is 101 Å². The summed E-state index contributed by atoms with van der Waals surface area (Å²) in [4.78, 5) is 30.2. The third-order valence-electron chi connectivity index (χ3n) is 2.72. The quantitative estimate of drug-likeness (QED) is 0.805. The second-order valence-electron chi connectivity index (χ2n) is 4.10. The number of pyridine rings is 2. The normalized spacial score (nSPS) is 9.95. The number of nitrogens with zero attached hydrogens (tertiary/aromatic N) is 2. The Bertz CT molecular complexity index is 656. The first kappa shape index (κ1) is 14.4. The summed E-state index contributed by atoms with van der Waals surface area (Å²) in [5.41, 5.74) is 1.07. The number of hydrogen-bond acceptors (Lipinski definition) is 6. The van der Waals surface area contributed by atoms with Crippen molar-refractivity contribution in [2.75, 3.05) is 12.4 Å². The molecule has 0 saturated carbocycles. The molecule has 2 aromatic rings. The molecule has 2 N–H and O–H groups in total. The monoisotopic (exact) mass is 287 g/mol. The first-order chi connectivity index (χ1) is 10.1. The zero-order valence-electron chi connectivity index (χ0n) is 11.2. The molecule has 0 fully saturated rings. The molecular formula is C14H13N3O4. The number of nitrogens with one attached hydrogen (secondary N) is 1. The van der Waals surface area contributed by atoms with E-state index in [1.54, 1.807) is 24.4 Å². The third kappa shape index (κ3) is 3.53. The molecule has 7 heteroatoms. The number of anilines is 1. The van der Waals surface area contributed by atoms with Gasteiger partial charge < -0.3 is 15.2 Å². The molecule has 0 aliphatic heterocycles. The molecule has 0 aliphatic rings. The highest BCUT2D eigenvalue weighted by Gasteiger charge is 2.12. The van der Waals surface area contributed by atoms with E-state index in [2.05, 4.69) is 20.0 Å². The number of esters is 1. The number of carbonyl (C=O) groups is 2. The average molecular weight is 287 g/mol. The lowest BCUT2D eigenvalue weighted by Crippen LogP contribution is -2.10. The maximum atomic E-state index is 11.6. The summed E-state index contributed by atoms with van der Waals surface area (Å²) in [7, 11) is 1.30. The summed E-state index contributed by atoms with van der Waals surface area (Å²) in [6.07, 6.45) is 3.01. The van der Waals surface area contributed by atoms with Crippen LogP contribution in [0.2, 0.25) is 0 Å². The number of rotatable bonds is 5. The standard InChI is InChI=1S/C14H13N3O4/c1-21-14(20)10-3-2-6-15-12(10)17-8-9-4-5-11(13(18)19)16-7-9/h2-7H,8H2,1H3,(H,15,17)(H,18,19). The van der Waals surface area contributed by atoms with E-state index in [4.69, 9.17) is 5.11 Å². The fourth-order valence-electron chi connectivity index (χ4n) is 1.66. The molecule has 0 spiro atoms. The van der Waals surface area contributed by atoms with Crippen molar-refractivity contribution in [3.05, 3.63) is 53.5 Å². The molecule has 2 heterocycles. The molecule has 0 aromatic carbocycles. The Kier molecular flexibility index (Phi) is 4.45. The summed E-state index contributed by atoms with van der Waals surface area (Å²) in [5, 5.41) is 11.8. The zero-order valence-corrected chi connectivity index (χ0v) is 11.2. The van der Waals surface area contributed by atoms with E-state index in [0.717, 1.165) is 5.56 Å². The van der Waals surface area contributed by atoms with E-state index in [1.165, 1.54) is 19.4 Å². The number of aromatic carboxylic acids is 1. The lowest BCUT2D eigenvalue weighted by Gasteiger charge is -2.09. The van der Waals surface area contributed by atoms with Gasteiger partial charge in [-0.25, -0.2) is 19.6 Å². The van der Waals surface area contributed by atoms with Gasteiger partial charge in [0.25, 0.3) is 0 Å². The van der Waals surface area contributed by atoms with Crippen molar-refractivity contribution < 1.29 is 19.4 Å². The van der Waals surface area contributed by atoms with Crippen molar-refractivity contribution in [3.63, 3.8) is 0 Å². The Balaban J connectivity index is 2.09. The van der Waals surface area contributed by atoms with Gasteiger partial charge in [0.05, 0.1) is 7.11 Å². The van der Waals surface area contributed by atoms with Gasteiger partial charge in [-0.1, -0.05) is 6.07 Å². The van der Waals surface area contributed by atoms with Gasteiger partial charge in [0.1, 0.15) is 17.1 Å². The Morgan fingerprint density at radius 3 is 2.71 bits per heavy atom. The van der Waals surface area contributed by atoms with Crippen LogP contribution in [0.25, 0.3) is 0 Å². The summed E-state index contributed by atoms with van der Waals surface area (Å²) < 4.78 is 4.67. The third-order valence-corrected chi connectivity index (χ3v) is 2.72. The van der Waals surface area contributed by atoms with E-state index in [0.29, 0.717) is 17.9 Å². The minimum absolute atomic E-state index is 0.0214. The number of methoxy groups -OCH3 is 1. The summed E-state index contributed by atoms with van der Waals surface area (Å²) >= 11 is 0. The average Bonchev–Trinajstić information content (AvgIpc) is 2.52. The lowest BCUT2D eigenvalue weighted by molar-refractivity contribution is 0.0600. The molecule has 108 valence electrons. The van der Waals surface area contributed by atoms with Crippen LogP contribution in [0.15, 0.2) is 36.7 Å². The molecule has 0 saturated heterocycles. The number of carboxylic acid groups (broad SMARTS) is 1. The van der Waals surface area contributed by atoms with Crippen LogP contribution in [-0.4, -0.2) is 34.1 Å². The molecule has 2 aromatic heterocycles. The second-order valence-corrected chi connectivity index (χ2v) is 4.10. The fourth-order valence-corrected chi connectivity index (χ4v) is 1.66. The first-order valence-electron chi connectivity index (χ1n) is 6.07. The van der Waals surface area contributed by atoms with Gasteiger partial charge in [-0.2, -0.15) is 0 Å². The van der Waals surface area contributed by atoms with Crippen LogP contribution in [0.1, 0.15) is 26.4 Å². The van der Waals surface area contributed by atoms with Gasteiger partial charge >= 0.3 is 11.9 Å².